The number of rotatable bonds is 1. The van der Waals surface area contributed by atoms with Crippen molar-refractivity contribution in [3.05, 3.63) is 24.5 Å². The lowest BCUT2D eigenvalue weighted by Crippen LogP contribution is -2.55. The van der Waals surface area contributed by atoms with Gasteiger partial charge in [-0.05, 0) is 61.2 Å². The van der Waals surface area contributed by atoms with E-state index in [0.29, 0.717) is 23.3 Å². The number of fused-ring (bicyclic) bond motifs is 3. The molecule has 0 aromatic heterocycles. The average Bonchev–Trinajstić information content (AvgIpc) is 2.48. The molecule has 0 bridgehead atoms. The van der Waals surface area contributed by atoms with Crippen LogP contribution in [-0.4, -0.2) is 10.9 Å². The number of aliphatic hydroxyl groups excluding tert-OH is 1. The van der Waals surface area contributed by atoms with E-state index in [9.17, 15) is 9.90 Å². The number of hydrogen-bond acceptors (Lipinski definition) is 2. The van der Waals surface area contributed by atoms with Crippen molar-refractivity contribution >= 4 is 5.78 Å². The highest BCUT2D eigenvalue weighted by Crippen LogP contribution is 2.66. The fourth-order valence-electron chi connectivity index (χ4n) is 6.03. The zero-order valence-corrected chi connectivity index (χ0v) is 14.3. The highest BCUT2D eigenvalue weighted by atomic mass is 16.2. The minimum atomic E-state index is -0.128. The Kier molecular flexibility index (Phi) is 3.58. The number of ketones is 1. The van der Waals surface area contributed by atoms with Crippen molar-refractivity contribution in [1.29, 1.82) is 0 Å². The van der Waals surface area contributed by atoms with Gasteiger partial charge in [0.1, 0.15) is 0 Å². The van der Waals surface area contributed by atoms with Gasteiger partial charge in [-0.1, -0.05) is 26.8 Å². The normalized spacial score (nSPS) is 50.3. The molecule has 0 amide bonds. The molecule has 3 saturated carbocycles. The van der Waals surface area contributed by atoms with E-state index in [2.05, 4.69) is 33.4 Å². The van der Waals surface area contributed by atoms with Gasteiger partial charge in [0.25, 0.3) is 0 Å². The fourth-order valence-corrected chi connectivity index (χ4v) is 6.03. The van der Waals surface area contributed by atoms with Gasteiger partial charge in [0.15, 0.2) is 5.78 Å². The summed E-state index contributed by atoms with van der Waals surface area (Å²) in [7, 11) is 0. The van der Waals surface area contributed by atoms with Gasteiger partial charge >= 0.3 is 0 Å². The number of allylic oxidation sites excluding steroid dienone is 2. The molecule has 0 radical (unpaired) electrons. The molecular weight excluding hydrogens is 272 g/mol. The minimum Gasteiger partial charge on any atom is -0.515 e. The number of carbonyl (C=O) groups is 1. The summed E-state index contributed by atoms with van der Waals surface area (Å²) in [5.74, 6) is 1.40. The van der Waals surface area contributed by atoms with E-state index in [-0.39, 0.29) is 16.6 Å². The number of aliphatic hydroxyl groups is 1. The van der Waals surface area contributed by atoms with Crippen LogP contribution in [0.15, 0.2) is 24.5 Å². The van der Waals surface area contributed by atoms with Gasteiger partial charge in [0.2, 0.25) is 0 Å². The maximum atomic E-state index is 12.3. The van der Waals surface area contributed by atoms with Crippen LogP contribution in [0.3, 0.4) is 0 Å². The van der Waals surface area contributed by atoms with E-state index in [1.807, 2.05) is 0 Å². The molecule has 3 aliphatic carbocycles. The van der Waals surface area contributed by atoms with Gasteiger partial charge in [0, 0.05) is 17.4 Å². The molecular formula is C20H30O2. The Morgan fingerprint density at radius 1 is 1.18 bits per heavy atom. The van der Waals surface area contributed by atoms with Crippen LogP contribution in [0.4, 0.5) is 0 Å². The number of carbonyl (C=O) groups excluding carboxylic acids is 1. The smallest absolute Gasteiger partial charge is 0.162 e. The van der Waals surface area contributed by atoms with Gasteiger partial charge in [-0.3, -0.25) is 4.79 Å². The van der Waals surface area contributed by atoms with Crippen LogP contribution >= 0.6 is 0 Å². The van der Waals surface area contributed by atoms with Crippen molar-refractivity contribution in [2.24, 2.45) is 28.1 Å². The molecule has 3 rings (SSSR count). The fraction of sp³-hybridized carbons (Fsp3) is 0.750. The summed E-state index contributed by atoms with van der Waals surface area (Å²) in [4.78, 5) is 12.3. The monoisotopic (exact) mass is 302 g/mol. The molecule has 22 heavy (non-hydrogen) atoms. The molecule has 5 unspecified atom stereocenters. The van der Waals surface area contributed by atoms with E-state index < -0.39 is 0 Å². The third-order valence-electron chi connectivity index (χ3n) is 7.66. The summed E-state index contributed by atoms with van der Waals surface area (Å²) < 4.78 is 0. The van der Waals surface area contributed by atoms with Crippen molar-refractivity contribution in [3.8, 4) is 0 Å². The first-order valence-corrected chi connectivity index (χ1v) is 8.81. The van der Waals surface area contributed by atoms with Crippen molar-refractivity contribution in [2.75, 3.05) is 0 Å². The molecule has 0 saturated heterocycles. The van der Waals surface area contributed by atoms with E-state index in [1.54, 1.807) is 0 Å². The summed E-state index contributed by atoms with van der Waals surface area (Å²) in [5, 5.41) is 9.67. The van der Waals surface area contributed by atoms with Crippen LogP contribution in [0.5, 0.6) is 0 Å². The Labute approximate surface area is 134 Å². The van der Waals surface area contributed by atoms with E-state index in [1.165, 1.54) is 19.3 Å². The van der Waals surface area contributed by atoms with Crippen LogP contribution in [-0.2, 0) is 4.79 Å². The first-order valence-electron chi connectivity index (χ1n) is 8.81. The maximum Gasteiger partial charge on any atom is 0.162 e. The largest absolute Gasteiger partial charge is 0.515 e. The second kappa shape index (κ2) is 4.97. The topological polar surface area (TPSA) is 37.3 Å². The summed E-state index contributed by atoms with van der Waals surface area (Å²) in [6.07, 6.45) is 10.7. The van der Waals surface area contributed by atoms with E-state index >= 15 is 0 Å². The minimum absolute atomic E-state index is 0.128. The molecule has 0 spiro atoms. The van der Waals surface area contributed by atoms with Crippen molar-refractivity contribution in [1.82, 2.24) is 0 Å². The Morgan fingerprint density at radius 2 is 1.91 bits per heavy atom. The lowest BCUT2D eigenvalue weighted by atomic mass is 9.42. The second-order valence-electron chi connectivity index (χ2n) is 8.78. The van der Waals surface area contributed by atoms with E-state index in [0.717, 1.165) is 31.4 Å². The average molecular weight is 302 g/mol. The molecule has 0 heterocycles. The summed E-state index contributed by atoms with van der Waals surface area (Å²) in [6.45, 7) is 11.1. The summed E-state index contributed by atoms with van der Waals surface area (Å²) in [5.41, 5.74) is 1.14. The first kappa shape index (κ1) is 15.8. The SMILES string of the molecule is C=CC1(C)CCC2(C)C(CCC3(C)C(=CO)C(=O)CCC32)C1. The Bertz CT molecular complexity index is 534. The zero-order valence-electron chi connectivity index (χ0n) is 14.3. The van der Waals surface area contributed by atoms with Crippen LogP contribution in [0.2, 0.25) is 0 Å². The molecule has 2 nitrogen and oxygen atoms in total. The molecule has 3 aliphatic rings. The lowest BCUT2D eigenvalue weighted by molar-refractivity contribution is -0.131. The summed E-state index contributed by atoms with van der Waals surface area (Å²) >= 11 is 0. The molecule has 0 aromatic rings. The molecule has 0 aromatic carbocycles. The molecule has 5 atom stereocenters. The highest BCUT2D eigenvalue weighted by molar-refractivity contribution is 5.97. The van der Waals surface area contributed by atoms with Gasteiger partial charge in [-0.25, -0.2) is 0 Å². The Balaban J connectivity index is 1.97. The van der Waals surface area contributed by atoms with Crippen molar-refractivity contribution in [2.45, 2.75) is 65.7 Å². The first-order chi connectivity index (χ1) is 10.3. The number of Topliss-reactive ketones (excluding diaryl/α,β-unsaturated/α-hetero) is 1. The Hall–Kier alpha value is -1.05. The highest BCUT2D eigenvalue weighted by Gasteiger charge is 2.59. The van der Waals surface area contributed by atoms with Crippen LogP contribution in [0, 0.1) is 28.1 Å². The van der Waals surface area contributed by atoms with Crippen LogP contribution in [0.1, 0.15) is 65.7 Å². The van der Waals surface area contributed by atoms with Gasteiger partial charge < -0.3 is 5.11 Å². The predicted molar refractivity (Wildman–Crippen MR) is 89.5 cm³/mol. The zero-order chi connectivity index (χ0) is 16.2. The van der Waals surface area contributed by atoms with Gasteiger partial charge in [-0.15, -0.1) is 6.58 Å². The lowest BCUT2D eigenvalue weighted by Gasteiger charge is -2.62. The molecule has 122 valence electrons. The molecule has 3 fully saturated rings. The maximum absolute atomic E-state index is 12.3. The summed E-state index contributed by atoms with van der Waals surface area (Å²) in [6, 6.07) is 0. The molecule has 0 aliphatic heterocycles. The molecule has 1 N–H and O–H groups in total. The quantitative estimate of drug-likeness (QED) is 0.410. The van der Waals surface area contributed by atoms with Crippen molar-refractivity contribution in [3.63, 3.8) is 0 Å². The third-order valence-corrected chi connectivity index (χ3v) is 7.66. The predicted octanol–water partition coefficient (Wildman–Crippen LogP) is 5.21. The molecule has 2 heteroatoms. The number of hydrogen-bond donors (Lipinski definition) is 1. The second-order valence-corrected chi connectivity index (χ2v) is 8.78. The standard InChI is InChI=1S/C20H30O2/c1-5-18(2)10-11-19(3)14(12-18)8-9-20(4)15(13-21)16(22)6-7-17(19)20/h5,13-14,17,21H,1,6-12H2,2-4H3. The van der Waals surface area contributed by atoms with Crippen LogP contribution in [0.25, 0.3) is 0 Å². The van der Waals surface area contributed by atoms with Crippen LogP contribution < -0.4 is 0 Å². The van der Waals surface area contributed by atoms with E-state index in [4.69, 9.17) is 0 Å². The van der Waals surface area contributed by atoms with Crippen molar-refractivity contribution < 1.29 is 9.90 Å². The third kappa shape index (κ3) is 2.02. The van der Waals surface area contributed by atoms with Gasteiger partial charge in [0.05, 0.1) is 6.26 Å². The van der Waals surface area contributed by atoms with Gasteiger partial charge in [-0.2, -0.15) is 0 Å². The Morgan fingerprint density at radius 3 is 2.55 bits per heavy atom.